The number of rotatable bonds is 3. The van der Waals surface area contributed by atoms with Crippen LogP contribution in [0.15, 0.2) is 18.2 Å². The molecule has 1 aliphatic heterocycles. The monoisotopic (exact) mass is 344 g/mol. The third-order valence-corrected chi connectivity index (χ3v) is 5.53. The van der Waals surface area contributed by atoms with E-state index in [1.807, 2.05) is 25.1 Å². The molecule has 1 aliphatic carbocycles. The Labute approximate surface area is 145 Å². The van der Waals surface area contributed by atoms with Crippen LogP contribution in [-0.4, -0.2) is 17.7 Å². The number of nitrogens with one attached hydrogen (secondary N) is 1. The van der Waals surface area contributed by atoms with Gasteiger partial charge in [-0.25, -0.2) is 4.98 Å². The molecule has 0 spiro atoms. The average Bonchev–Trinajstić information content (AvgIpc) is 3.21. The van der Waals surface area contributed by atoms with Crippen LogP contribution in [0.3, 0.4) is 0 Å². The van der Waals surface area contributed by atoms with Crippen LogP contribution in [0, 0.1) is 12.8 Å². The minimum absolute atomic E-state index is 0.112. The Kier molecular flexibility index (Phi) is 4.14. The fourth-order valence-electron chi connectivity index (χ4n) is 3.33. The summed E-state index contributed by atoms with van der Waals surface area (Å²) in [6, 6.07) is 5.82. The van der Waals surface area contributed by atoms with Crippen LogP contribution >= 0.6 is 11.3 Å². The standard InChI is InChI=1S/C18H20N2O3S/c1-11-16(13-7-8-14-15(9-13)23-10-22-14)19-18(24-11)20-17(21)12-5-3-2-4-6-12/h7-9,12H,2-6,10H2,1H3,(H,19,20,21). The molecule has 5 nitrogen and oxygen atoms in total. The van der Waals surface area contributed by atoms with E-state index in [4.69, 9.17) is 9.47 Å². The first-order valence-corrected chi connectivity index (χ1v) is 9.20. The van der Waals surface area contributed by atoms with Gasteiger partial charge >= 0.3 is 0 Å². The summed E-state index contributed by atoms with van der Waals surface area (Å²) in [7, 11) is 0. The number of aromatic nitrogens is 1. The van der Waals surface area contributed by atoms with Crippen LogP contribution in [0.5, 0.6) is 11.5 Å². The van der Waals surface area contributed by atoms with E-state index in [2.05, 4.69) is 10.3 Å². The minimum Gasteiger partial charge on any atom is -0.454 e. The number of aryl methyl sites for hydroxylation is 1. The lowest BCUT2D eigenvalue weighted by Gasteiger charge is -2.19. The van der Waals surface area contributed by atoms with Gasteiger partial charge in [0, 0.05) is 16.4 Å². The Balaban J connectivity index is 1.53. The van der Waals surface area contributed by atoms with Gasteiger partial charge in [-0.05, 0) is 38.0 Å². The summed E-state index contributed by atoms with van der Waals surface area (Å²) in [5.74, 6) is 1.75. The number of anilines is 1. The largest absolute Gasteiger partial charge is 0.454 e. The summed E-state index contributed by atoms with van der Waals surface area (Å²) in [5, 5.41) is 3.68. The molecule has 1 amide bonds. The first kappa shape index (κ1) is 15.4. The highest BCUT2D eigenvalue weighted by molar-refractivity contribution is 7.16. The zero-order chi connectivity index (χ0) is 16.5. The highest BCUT2D eigenvalue weighted by atomic mass is 32.1. The lowest BCUT2D eigenvalue weighted by molar-refractivity contribution is -0.120. The molecule has 1 aromatic carbocycles. The van der Waals surface area contributed by atoms with E-state index in [0.29, 0.717) is 5.13 Å². The molecule has 1 aromatic heterocycles. The first-order valence-electron chi connectivity index (χ1n) is 8.39. The lowest BCUT2D eigenvalue weighted by atomic mass is 9.89. The normalized spacial score (nSPS) is 17.0. The molecule has 126 valence electrons. The summed E-state index contributed by atoms with van der Waals surface area (Å²) < 4.78 is 10.8. The van der Waals surface area contributed by atoms with E-state index < -0.39 is 0 Å². The van der Waals surface area contributed by atoms with Gasteiger partial charge < -0.3 is 14.8 Å². The van der Waals surface area contributed by atoms with Crippen LogP contribution in [0.25, 0.3) is 11.3 Å². The van der Waals surface area contributed by atoms with Crippen molar-refractivity contribution in [3.8, 4) is 22.8 Å². The first-order chi connectivity index (χ1) is 11.7. The Bertz CT molecular complexity index is 766. The Morgan fingerprint density at radius 2 is 2.00 bits per heavy atom. The van der Waals surface area contributed by atoms with Crippen LogP contribution in [0.1, 0.15) is 37.0 Å². The number of hydrogen-bond acceptors (Lipinski definition) is 5. The van der Waals surface area contributed by atoms with Crippen LogP contribution in [0.4, 0.5) is 5.13 Å². The molecule has 0 radical (unpaired) electrons. The zero-order valence-electron chi connectivity index (χ0n) is 13.6. The molecule has 24 heavy (non-hydrogen) atoms. The van der Waals surface area contributed by atoms with E-state index >= 15 is 0 Å². The van der Waals surface area contributed by atoms with E-state index in [-0.39, 0.29) is 18.6 Å². The maximum Gasteiger partial charge on any atom is 0.231 e. The van der Waals surface area contributed by atoms with Crippen molar-refractivity contribution in [3.63, 3.8) is 0 Å². The van der Waals surface area contributed by atoms with Crippen molar-refractivity contribution >= 4 is 22.4 Å². The Hall–Kier alpha value is -2.08. The molecule has 6 heteroatoms. The molecule has 4 rings (SSSR count). The molecule has 2 heterocycles. The molecule has 1 saturated carbocycles. The molecule has 0 unspecified atom stereocenters. The predicted octanol–water partition coefficient (Wildman–Crippen LogP) is 4.37. The van der Waals surface area contributed by atoms with Crippen LogP contribution in [-0.2, 0) is 4.79 Å². The summed E-state index contributed by atoms with van der Waals surface area (Å²) in [6.07, 6.45) is 5.53. The number of nitrogens with zero attached hydrogens (tertiary/aromatic N) is 1. The van der Waals surface area contributed by atoms with E-state index in [1.165, 1.54) is 17.8 Å². The number of carbonyl (C=O) groups excluding carboxylic acids is 1. The van der Waals surface area contributed by atoms with Gasteiger partial charge in [-0.1, -0.05) is 19.3 Å². The molecule has 2 aliphatic rings. The van der Waals surface area contributed by atoms with E-state index in [0.717, 1.165) is 53.3 Å². The van der Waals surface area contributed by atoms with E-state index in [1.54, 1.807) is 0 Å². The summed E-state index contributed by atoms with van der Waals surface area (Å²) >= 11 is 1.52. The third kappa shape index (κ3) is 2.98. The summed E-state index contributed by atoms with van der Waals surface area (Å²) in [6.45, 7) is 2.28. The number of carbonyl (C=O) groups is 1. The molecule has 2 aromatic rings. The quantitative estimate of drug-likeness (QED) is 0.898. The fourth-order valence-corrected chi connectivity index (χ4v) is 4.17. The summed E-state index contributed by atoms with van der Waals surface area (Å²) in [5.41, 5.74) is 1.86. The van der Waals surface area contributed by atoms with Crippen LogP contribution in [0.2, 0.25) is 0 Å². The molecule has 0 saturated heterocycles. The Morgan fingerprint density at radius 3 is 2.83 bits per heavy atom. The van der Waals surface area contributed by atoms with Gasteiger partial charge in [0.15, 0.2) is 16.6 Å². The lowest BCUT2D eigenvalue weighted by Crippen LogP contribution is -2.24. The molecule has 1 fully saturated rings. The van der Waals surface area contributed by atoms with Crippen LogP contribution < -0.4 is 14.8 Å². The number of amides is 1. The predicted molar refractivity (Wildman–Crippen MR) is 93.6 cm³/mol. The molecular formula is C18H20N2O3S. The third-order valence-electron chi connectivity index (χ3n) is 4.65. The second kappa shape index (κ2) is 6.43. The van der Waals surface area contributed by atoms with Gasteiger partial charge in [0.1, 0.15) is 0 Å². The van der Waals surface area contributed by atoms with Gasteiger partial charge in [-0.3, -0.25) is 4.79 Å². The van der Waals surface area contributed by atoms with E-state index in [9.17, 15) is 4.79 Å². The van der Waals surface area contributed by atoms with Gasteiger partial charge in [0.25, 0.3) is 0 Å². The zero-order valence-corrected chi connectivity index (χ0v) is 14.4. The molecule has 1 N–H and O–H groups in total. The molecular weight excluding hydrogens is 324 g/mol. The van der Waals surface area contributed by atoms with Crippen molar-refractivity contribution in [3.05, 3.63) is 23.1 Å². The fraction of sp³-hybridized carbons (Fsp3) is 0.444. The second-order valence-corrected chi connectivity index (χ2v) is 7.52. The molecule has 0 atom stereocenters. The topological polar surface area (TPSA) is 60.5 Å². The minimum atomic E-state index is 0.112. The van der Waals surface area contributed by atoms with Crippen molar-refractivity contribution in [2.75, 3.05) is 12.1 Å². The number of hydrogen-bond donors (Lipinski definition) is 1. The van der Waals surface area contributed by atoms with Gasteiger partial charge in [0.2, 0.25) is 12.7 Å². The average molecular weight is 344 g/mol. The van der Waals surface area contributed by atoms with Crippen molar-refractivity contribution in [1.29, 1.82) is 0 Å². The van der Waals surface area contributed by atoms with Crippen molar-refractivity contribution < 1.29 is 14.3 Å². The maximum atomic E-state index is 12.4. The van der Waals surface area contributed by atoms with Gasteiger partial charge in [-0.15, -0.1) is 11.3 Å². The van der Waals surface area contributed by atoms with Crippen molar-refractivity contribution in [1.82, 2.24) is 4.98 Å². The van der Waals surface area contributed by atoms with Crippen molar-refractivity contribution in [2.45, 2.75) is 39.0 Å². The number of fused-ring (bicyclic) bond motifs is 1. The highest BCUT2D eigenvalue weighted by Gasteiger charge is 2.23. The number of benzene rings is 1. The smallest absolute Gasteiger partial charge is 0.231 e. The van der Waals surface area contributed by atoms with Gasteiger partial charge in [0.05, 0.1) is 5.69 Å². The van der Waals surface area contributed by atoms with Crippen molar-refractivity contribution in [2.24, 2.45) is 5.92 Å². The van der Waals surface area contributed by atoms with Gasteiger partial charge in [-0.2, -0.15) is 0 Å². The number of thiazole rings is 1. The second-order valence-electron chi connectivity index (χ2n) is 6.32. The maximum absolute atomic E-state index is 12.4. The SMILES string of the molecule is Cc1sc(NC(=O)C2CCCCC2)nc1-c1ccc2c(c1)OCO2. The highest BCUT2D eigenvalue weighted by Crippen LogP contribution is 2.38. The molecule has 0 bridgehead atoms. The summed E-state index contributed by atoms with van der Waals surface area (Å²) in [4.78, 5) is 18.1. The Morgan fingerprint density at radius 1 is 1.21 bits per heavy atom. The number of ether oxygens (including phenoxy) is 2.